The lowest BCUT2D eigenvalue weighted by Gasteiger charge is -2.19. The molecule has 1 amide bonds. The average Bonchev–Trinajstić information content (AvgIpc) is 2.83. The number of nitrogens with zero attached hydrogens (tertiary/aromatic N) is 2. The molecule has 7 heteroatoms. The van der Waals surface area contributed by atoms with E-state index >= 15 is 0 Å². The van der Waals surface area contributed by atoms with E-state index in [0.29, 0.717) is 19.5 Å². The molecule has 2 atom stereocenters. The Morgan fingerprint density at radius 2 is 2.26 bits per heavy atom. The number of hydrogen-bond donors (Lipinski definition) is 3. The summed E-state index contributed by atoms with van der Waals surface area (Å²) in [7, 11) is 0. The molecule has 4 N–H and O–H groups in total. The van der Waals surface area contributed by atoms with E-state index in [4.69, 9.17) is 10.8 Å². The van der Waals surface area contributed by atoms with Crippen molar-refractivity contribution in [2.45, 2.75) is 32.9 Å². The summed E-state index contributed by atoms with van der Waals surface area (Å²) in [6.45, 7) is 4.67. The zero-order chi connectivity index (χ0) is 14.4. The Hall–Kier alpha value is -1.89. The number of nitrogens with one attached hydrogen (secondary N) is 1. The number of aliphatic carboxylic acids is 1. The van der Waals surface area contributed by atoms with Gasteiger partial charge in [0.2, 0.25) is 0 Å². The maximum atomic E-state index is 11.9. The fourth-order valence-electron chi connectivity index (χ4n) is 1.65. The van der Waals surface area contributed by atoms with Crippen molar-refractivity contribution in [2.24, 2.45) is 11.7 Å². The standard InChI is InChI=1S/C12H20N4O3/c1-3-8(2)10(12(18)19)15-11(17)9-6-16(5-4-13)7-14-9/h6-8,10H,3-5,13H2,1-2H3,(H,15,17)(H,18,19)/t8?,10-/m0/s1. The highest BCUT2D eigenvalue weighted by molar-refractivity contribution is 5.94. The third-order valence-electron chi connectivity index (χ3n) is 3.02. The highest BCUT2D eigenvalue weighted by Gasteiger charge is 2.26. The summed E-state index contributed by atoms with van der Waals surface area (Å²) in [5, 5.41) is 11.6. The van der Waals surface area contributed by atoms with Gasteiger partial charge in [-0.2, -0.15) is 0 Å². The normalized spacial score (nSPS) is 13.8. The maximum Gasteiger partial charge on any atom is 0.326 e. The van der Waals surface area contributed by atoms with Crippen LogP contribution in [-0.4, -0.2) is 39.1 Å². The van der Waals surface area contributed by atoms with Gasteiger partial charge in [0.25, 0.3) is 5.91 Å². The molecule has 0 aliphatic rings. The summed E-state index contributed by atoms with van der Waals surface area (Å²) < 4.78 is 1.69. The van der Waals surface area contributed by atoms with Crippen molar-refractivity contribution in [3.63, 3.8) is 0 Å². The van der Waals surface area contributed by atoms with Gasteiger partial charge in [0.15, 0.2) is 0 Å². The number of amides is 1. The van der Waals surface area contributed by atoms with Crippen LogP contribution in [0.5, 0.6) is 0 Å². The molecule has 0 fully saturated rings. The number of hydrogen-bond acceptors (Lipinski definition) is 4. The molecule has 7 nitrogen and oxygen atoms in total. The van der Waals surface area contributed by atoms with Crippen LogP contribution in [0.15, 0.2) is 12.5 Å². The van der Waals surface area contributed by atoms with Crippen molar-refractivity contribution in [3.8, 4) is 0 Å². The van der Waals surface area contributed by atoms with Gasteiger partial charge >= 0.3 is 5.97 Å². The molecule has 0 bridgehead atoms. The molecule has 0 aliphatic heterocycles. The third kappa shape index (κ3) is 4.06. The molecule has 0 spiro atoms. The second kappa shape index (κ2) is 6.89. The largest absolute Gasteiger partial charge is 0.480 e. The molecule has 1 aromatic heterocycles. The molecule has 1 unspecified atom stereocenters. The zero-order valence-electron chi connectivity index (χ0n) is 11.2. The molecule has 0 saturated heterocycles. The predicted molar refractivity (Wildman–Crippen MR) is 69.6 cm³/mol. The van der Waals surface area contributed by atoms with E-state index < -0.39 is 17.9 Å². The minimum absolute atomic E-state index is 0.146. The molecular formula is C12H20N4O3. The Balaban J connectivity index is 2.73. The number of rotatable bonds is 7. The van der Waals surface area contributed by atoms with Crippen molar-refractivity contribution in [3.05, 3.63) is 18.2 Å². The van der Waals surface area contributed by atoms with Gasteiger partial charge in [-0.15, -0.1) is 0 Å². The number of nitrogens with two attached hydrogens (primary N) is 1. The Morgan fingerprint density at radius 3 is 2.79 bits per heavy atom. The molecule has 1 heterocycles. The van der Waals surface area contributed by atoms with Crippen molar-refractivity contribution in [1.29, 1.82) is 0 Å². The van der Waals surface area contributed by atoms with Crippen molar-refractivity contribution >= 4 is 11.9 Å². The topological polar surface area (TPSA) is 110 Å². The summed E-state index contributed by atoms with van der Waals surface area (Å²) in [4.78, 5) is 27.0. The van der Waals surface area contributed by atoms with Gasteiger partial charge < -0.3 is 20.7 Å². The van der Waals surface area contributed by atoms with Gasteiger partial charge in [0.1, 0.15) is 11.7 Å². The van der Waals surface area contributed by atoms with E-state index in [9.17, 15) is 9.59 Å². The molecular weight excluding hydrogens is 248 g/mol. The van der Waals surface area contributed by atoms with Crippen molar-refractivity contribution in [1.82, 2.24) is 14.9 Å². The Morgan fingerprint density at radius 1 is 1.58 bits per heavy atom. The molecule has 106 valence electrons. The number of imidazole rings is 1. The molecule has 0 radical (unpaired) electrons. The first-order valence-corrected chi connectivity index (χ1v) is 6.25. The van der Waals surface area contributed by atoms with Crippen LogP contribution in [0, 0.1) is 5.92 Å². The fourth-order valence-corrected chi connectivity index (χ4v) is 1.65. The predicted octanol–water partition coefficient (Wildman–Crippen LogP) is 0.0709. The average molecular weight is 268 g/mol. The Labute approximate surface area is 111 Å². The number of carbonyl (C=O) groups is 2. The van der Waals surface area contributed by atoms with Crippen LogP contribution in [0.2, 0.25) is 0 Å². The second-order valence-corrected chi connectivity index (χ2v) is 4.46. The number of carboxylic acids is 1. The van der Waals surface area contributed by atoms with Crippen LogP contribution in [0.25, 0.3) is 0 Å². The van der Waals surface area contributed by atoms with Crippen LogP contribution >= 0.6 is 0 Å². The summed E-state index contributed by atoms with van der Waals surface area (Å²) >= 11 is 0. The van der Waals surface area contributed by atoms with Gasteiger partial charge in [-0.1, -0.05) is 20.3 Å². The van der Waals surface area contributed by atoms with Gasteiger partial charge in [-0.3, -0.25) is 4.79 Å². The van der Waals surface area contributed by atoms with Gasteiger partial charge in [-0.05, 0) is 5.92 Å². The lowest BCUT2D eigenvalue weighted by Crippen LogP contribution is -2.45. The lowest BCUT2D eigenvalue weighted by molar-refractivity contribution is -0.140. The number of aromatic nitrogens is 2. The minimum atomic E-state index is -1.04. The monoisotopic (exact) mass is 268 g/mol. The van der Waals surface area contributed by atoms with E-state index in [2.05, 4.69) is 10.3 Å². The van der Waals surface area contributed by atoms with Crippen molar-refractivity contribution < 1.29 is 14.7 Å². The first-order chi connectivity index (χ1) is 8.99. The van der Waals surface area contributed by atoms with Crippen LogP contribution in [0.3, 0.4) is 0 Å². The van der Waals surface area contributed by atoms with Crippen LogP contribution in [0.4, 0.5) is 0 Å². The Bertz CT molecular complexity index is 444. The smallest absolute Gasteiger partial charge is 0.326 e. The highest BCUT2D eigenvalue weighted by atomic mass is 16.4. The first-order valence-electron chi connectivity index (χ1n) is 6.25. The first kappa shape index (κ1) is 15.2. The van der Waals surface area contributed by atoms with Gasteiger partial charge in [0.05, 0.1) is 6.33 Å². The quantitative estimate of drug-likeness (QED) is 0.648. The number of carboxylic acid groups (broad SMARTS) is 1. The van der Waals surface area contributed by atoms with E-state index in [0.717, 1.165) is 0 Å². The van der Waals surface area contributed by atoms with Crippen LogP contribution < -0.4 is 11.1 Å². The van der Waals surface area contributed by atoms with Gasteiger partial charge in [0, 0.05) is 19.3 Å². The van der Waals surface area contributed by atoms with Crippen molar-refractivity contribution in [2.75, 3.05) is 6.54 Å². The fraction of sp³-hybridized carbons (Fsp3) is 0.583. The zero-order valence-corrected chi connectivity index (χ0v) is 11.2. The summed E-state index contributed by atoms with van der Waals surface area (Å²) in [6.07, 6.45) is 3.72. The molecule has 19 heavy (non-hydrogen) atoms. The molecule has 0 saturated carbocycles. The summed E-state index contributed by atoms with van der Waals surface area (Å²) in [6, 6.07) is -0.905. The Kier molecular flexibility index (Phi) is 5.50. The lowest BCUT2D eigenvalue weighted by atomic mass is 9.99. The minimum Gasteiger partial charge on any atom is -0.480 e. The third-order valence-corrected chi connectivity index (χ3v) is 3.02. The second-order valence-electron chi connectivity index (χ2n) is 4.46. The summed E-state index contributed by atoms with van der Waals surface area (Å²) in [5.41, 5.74) is 5.59. The van der Waals surface area contributed by atoms with E-state index in [-0.39, 0.29) is 11.6 Å². The van der Waals surface area contributed by atoms with E-state index in [1.54, 1.807) is 17.7 Å². The van der Waals surface area contributed by atoms with Gasteiger partial charge in [-0.25, -0.2) is 9.78 Å². The SMILES string of the molecule is CCC(C)[C@H](NC(=O)c1cn(CCN)cn1)C(=O)O. The van der Waals surface area contributed by atoms with Crippen LogP contribution in [-0.2, 0) is 11.3 Å². The van der Waals surface area contributed by atoms with Crippen LogP contribution in [0.1, 0.15) is 30.8 Å². The molecule has 1 rings (SSSR count). The van der Waals surface area contributed by atoms with E-state index in [1.807, 2.05) is 6.92 Å². The van der Waals surface area contributed by atoms with E-state index in [1.165, 1.54) is 6.33 Å². The highest BCUT2D eigenvalue weighted by Crippen LogP contribution is 2.09. The summed E-state index contributed by atoms with van der Waals surface area (Å²) in [5.74, 6) is -1.67. The molecule has 0 aromatic carbocycles. The number of carbonyl (C=O) groups excluding carboxylic acids is 1. The molecule has 1 aromatic rings. The molecule has 0 aliphatic carbocycles. The maximum absolute atomic E-state index is 11.9.